The molecule has 1 aromatic carbocycles. The van der Waals surface area contributed by atoms with Gasteiger partial charge >= 0.3 is 5.97 Å². The Kier molecular flexibility index (Phi) is 5.35. The summed E-state index contributed by atoms with van der Waals surface area (Å²) in [4.78, 5) is 13.7. The van der Waals surface area contributed by atoms with E-state index in [-0.39, 0.29) is 6.61 Å². The molecule has 0 amide bonds. The van der Waals surface area contributed by atoms with E-state index in [2.05, 4.69) is 17.5 Å². The van der Waals surface area contributed by atoms with Gasteiger partial charge in [0.15, 0.2) is 5.79 Å². The van der Waals surface area contributed by atoms with E-state index in [0.717, 1.165) is 10.4 Å². The van der Waals surface area contributed by atoms with Crippen molar-refractivity contribution in [2.75, 3.05) is 6.61 Å². The fourth-order valence-electron chi connectivity index (χ4n) is 2.95. The topological polar surface area (TPSA) is 65.0 Å². The first-order valence-corrected chi connectivity index (χ1v) is 10.6. The SMILES string of the molecule is CC1(C)OCC(C(O)OC(=O)c2ccc(/C=C/c3csc4ccccc34)s2)O1. The number of aliphatic hydroxyl groups excluding tert-OH is 1. The maximum absolute atomic E-state index is 12.3. The van der Waals surface area contributed by atoms with E-state index in [4.69, 9.17) is 14.2 Å². The molecule has 2 unspecified atom stereocenters. The average molecular weight is 417 g/mol. The molecule has 1 aliphatic rings. The summed E-state index contributed by atoms with van der Waals surface area (Å²) in [6.45, 7) is 3.67. The lowest BCUT2D eigenvalue weighted by molar-refractivity contribution is -0.184. The molecule has 0 aliphatic carbocycles. The molecule has 1 saturated heterocycles. The zero-order valence-corrected chi connectivity index (χ0v) is 17.1. The second-order valence-electron chi connectivity index (χ2n) is 6.89. The first kappa shape index (κ1) is 19.3. The molecule has 1 fully saturated rings. The highest BCUT2D eigenvalue weighted by molar-refractivity contribution is 7.17. The Morgan fingerprint density at radius 3 is 2.89 bits per heavy atom. The maximum atomic E-state index is 12.3. The fourth-order valence-corrected chi connectivity index (χ4v) is 4.67. The van der Waals surface area contributed by atoms with Crippen molar-refractivity contribution in [2.45, 2.75) is 32.0 Å². The van der Waals surface area contributed by atoms with Crippen LogP contribution in [0.3, 0.4) is 0 Å². The van der Waals surface area contributed by atoms with Crippen LogP contribution in [0, 0.1) is 0 Å². The van der Waals surface area contributed by atoms with Crippen LogP contribution in [0.25, 0.3) is 22.2 Å². The lowest BCUT2D eigenvalue weighted by atomic mass is 10.1. The van der Waals surface area contributed by atoms with Gasteiger partial charge in [-0.2, -0.15) is 0 Å². The van der Waals surface area contributed by atoms with E-state index in [1.54, 1.807) is 31.3 Å². The zero-order valence-electron chi connectivity index (χ0n) is 15.5. The van der Waals surface area contributed by atoms with Crippen molar-refractivity contribution in [3.63, 3.8) is 0 Å². The van der Waals surface area contributed by atoms with E-state index in [1.165, 1.54) is 21.4 Å². The van der Waals surface area contributed by atoms with Gasteiger partial charge in [0.2, 0.25) is 6.29 Å². The highest BCUT2D eigenvalue weighted by Gasteiger charge is 2.38. The highest BCUT2D eigenvalue weighted by atomic mass is 32.1. The molecule has 0 spiro atoms. The van der Waals surface area contributed by atoms with Crippen molar-refractivity contribution in [3.05, 3.63) is 57.1 Å². The lowest BCUT2D eigenvalue weighted by Crippen LogP contribution is -2.34. The van der Waals surface area contributed by atoms with E-state index in [1.807, 2.05) is 30.4 Å². The number of thiophene rings is 2. The number of hydrogen-bond donors (Lipinski definition) is 1. The summed E-state index contributed by atoms with van der Waals surface area (Å²) < 4.78 is 17.3. The standard InChI is InChI=1S/C21H20O5S2/c1-21(2)24-11-16(26-21)19(22)25-20(23)18-10-9-14(28-18)8-7-13-12-27-17-6-4-3-5-15(13)17/h3-10,12,16,19,22H,11H2,1-2H3/b8-7+. The van der Waals surface area contributed by atoms with Crippen LogP contribution in [0.15, 0.2) is 41.8 Å². The Morgan fingerprint density at radius 2 is 2.11 bits per heavy atom. The Labute approximate surface area is 170 Å². The molecule has 2 aromatic heterocycles. The fraction of sp³-hybridized carbons (Fsp3) is 0.286. The first-order chi connectivity index (χ1) is 13.4. The molecule has 3 heterocycles. The monoisotopic (exact) mass is 416 g/mol. The van der Waals surface area contributed by atoms with Crippen LogP contribution < -0.4 is 0 Å². The molecule has 2 atom stereocenters. The number of ether oxygens (including phenoxy) is 3. The lowest BCUT2D eigenvalue weighted by Gasteiger charge is -2.20. The van der Waals surface area contributed by atoms with E-state index in [0.29, 0.717) is 4.88 Å². The Morgan fingerprint density at radius 1 is 1.29 bits per heavy atom. The molecule has 7 heteroatoms. The average Bonchev–Trinajstić information content (AvgIpc) is 3.38. The third-order valence-electron chi connectivity index (χ3n) is 4.34. The minimum absolute atomic E-state index is 0.175. The van der Waals surface area contributed by atoms with Gasteiger partial charge in [-0.15, -0.1) is 22.7 Å². The van der Waals surface area contributed by atoms with E-state index in [9.17, 15) is 9.90 Å². The molecule has 4 rings (SSSR count). The van der Waals surface area contributed by atoms with Gasteiger partial charge in [0.05, 0.1) is 6.61 Å². The molecule has 0 bridgehead atoms. The number of aliphatic hydroxyl groups is 1. The third-order valence-corrected chi connectivity index (χ3v) is 6.35. The van der Waals surface area contributed by atoms with E-state index >= 15 is 0 Å². The molecule has 28 heavy (non-hydrogen) atoms. The Hall–Kier alpha value is -2.03. The van der Waals surface area contributed by atoms with Gasteiger partial charge in [0, 0.05) is 9.58 Å². The number of benzene rings is 1. The molecular formula is C21H20O5S2. The van der Waals surface area contributed by atoms with Crippen molar-refractivity contribution in [3.8, 4) is 0 Å². The largest absolute Gasteiger partial charge is 0.429 e. The van der Waals surface area contributed by atoms with Crippen LogP contribution in [-0.4, -0.2) is 35.9 Å². The van der Waals surface area contributed by atoms with Gasteiger partial charge in [-0.3, -0.25) is 0 Å². The van der Waals surface area contributed by atoms with Crippen molar-refractivity contribution in [1.82, 2.24) is 0 Å². The van der Waals surface area contributed by atoms with Crippen LogP contribution in [0.1, 0.15) is 34.0 Å². The predicted molar refractivity (Wildman–Crippen MR) is 111 cm³/mol. The van der Waals surface area contributed by atoms with Crippen molar-refractivity contribution in [2.24, 2.45) is 0 Å². The minimum atomic E-state index is -1.37. The zero-order chi connectivity index (χ0) is 19.7. The number of fused-ring (bicyclic) bond motifs is 1. The van der Waals surface area contributed by atoms with E-state index < -0.39 is 24.2 Å². The van der Waals surface area contributed by atoms with Gasteiger partial charge in [0.1, 0.15) is 11.0 Å². The quantitative estimate of drug-likeness (QED) is 0.480. The summed E-state index contributed by atoms with van der Waals surface area (Å²) in [6, 6.07) is 11.8. The summed E-state index contributed by atoms with van der Waals surface area (Å²) in [5, 5.41) is 13.4. The predicted octanol–water partition coefficient (Wildman–Crippen LogP) is 4.76. The molecule has 1 aliphatic heterocycles. The summed E-state index contributed by atoms with van der Waals surface area (Å²) in [5.41, 5.74) is 1.15. The van der Waals surface area contributed by atoms with Crippen LogP contribution in [0.2, 0.25) is 0 Å². The summed E-state index contributed by atoms with van der Waals surface area (Å²) in [6.07, 6.45) is 1.96. The molecular weight excluding hydrogens is 396 g/mol. The maximum Gasteiger partial charge on any atom is 0.350 e. The second-order valence-corrected chi connectivity index (χ2v) is 8.91. The van der Waals surface area contributed by atoms with Crippen LogP contribution in [-0.2, 0) is 14.2 Å². The minimum Gasteiger partial charge on any atom is -0.429 e. The second kappa shape index (κ2) is 7.77. The van der Waals surface area contributed by atoms with Gasteiger partial charge in [-0.25, -0.2) is 4.79 Å². The highest BCUT2D eigenvalue weighted by Crippen LogP contribution is 2.29. The molecule has 146 valence electrons. The normalized spacial score (nSPS) is 20.0. The molecule has 0 saturated carbocycles. The smallest absolute Gasteiger partial charge is 0.350 e. The van der Waals surface area contributed by atoms with Crippen molar-refractivity contribution >= 4 is 50.9 Å². The summed E-state index contributed by atoms with van der Waals surface area (Å²) in [7, 11) is 0. The Bertz CT molecular complexity index is 1020. The Balaban J connectivity index is 1.40. The molecule has 3 aromatic rings. The molecule has 0 radical (unpaired) electrons. The van der Waals surface area contributed by atoms with Crippen molar-refractivity contribution in [1.29, 1.82) is 0 Å². The van der Waals surface area contributed by atoms with Gasteiger partial charge in [-0.1, -0.05) is 24.3 Å². The molecule has 5 nitrogen and oxygen atoms in total. The van der Waals surface area contributed by atoms with Gasteiger partial charge in [-0.05, 0) is 54.5 Å². The van der Waals surface area contributed by atoms with Crippen LogP contribution in [0.4, 0.5) is 0 Å². The number of rotatable bonds is 5. The number of esters is 1. The molecule has 1 N–H and O–H groups in total. The van der Waals surface area contributed by atoms with Crippen molar-refractivity contribution < 1.29 is 24.1 Å². The number of carbonyl (C=O) groups excluding carboxylic acids is 1. The van der Waals surface area contributed by atoms with Gasteiger partial charge in [0.25, 0.3) is 0 Å². The third kappa shape index (κ3) is 4.19. The van der Waals surface area contributed by atoms with Crippen LogP contribution in [0.5, 0.6) is 0 Å². The van der Waals surface area contributed by atoms with Gasteiger partial charge < -0.3 is 19.3 Å². The summed E-state index contributed by atoms with van der Waals surface area (Å²) in [5.74, 6) is -1.36. The number of carbonyl (C=O) groups is 1. The first-order valence-electron chi connectivity index (χ1n) is 8.86. The number of hydrogen-bond acceptors (Lipinski definition) is 7. The van der Waals surface area contributed by atoms with Crippen LogP contribution >= 0.6 is 22.7 Å². The summed E-state index contributed by atoms with van der Waals surface area (Å²) >= 11 is 3.02.